The van der Waals surface area contributed by atoms with Crippen LogP contribution in [0.4, 0.5) is 0 Å². The largest absolute Gasteiger partial charge is 0.455 e. The Morgan fingerprint density at radius 2 is 1.68 bits per heavy atom. The van der Waals surface area contributed by atoms with Crippen LogP contribution in [0.5, 0.6) is 0 Å². The molecule has 6 rings (SSSR count). The van der Waals surface area contributed by atoms with Crippen molar-refractivity contribution in [3.8, 4) is 0 Å². The highest BCUT2D eigenvalue weighted by Gasteiger charge is 2.74. The number of nitrogens with one attached hydrogen (secondary N) is 1. The van der Waals surface area contributed by atoms with Crippen molar-refractivity contribution in [3.63, 3.8) is 0 Å². The molecule has 2 aromatic rings. The summed E-state index contributed by atoms with van der Waals surface area (Å²) in [4.78, 5) is 59.5. The molecule has 47 heavy (non-hydrogen) atoms. The number of carbonyl (C=O) groups is 4. The van der Waals surface area contributed by atoms with Crippen molar-refractivity contribution < 1.29 is 33.8 Å². The first-order valence-corrected chi connectivity index (χ1v) is 17.1. The number of hydrogen-bond acceptors (Lipinski definition) is 7. The van der Waals surface area contributed by atoms with E-state index < -0.39 is 41.7 Å². The zero-order valence-corrected chi connectivity index (χ0v) is 27.7. The van der Waals surface area contributed by atoms with Crippen LogP contribution in [0.3, 0.4) is 0 Å². The molecule has 2 fully saturated rings. The summed E-state index contributed by atoms with van der Waals surface area (Å²) < 4.78 is 13.3. The first kappa shape index (κ1) is 33.1. The van der Waals surface area contributed by atoms with Crippen LogP contribution in [0.15, 0.2) is 83.4 Å². The first-order valence-electron chi connectivity index (χ1n) is 16.3. The van der Waals surface area contributed by atoms with Gasteiger partial charge in [-0.15, -0.1) is 0 Å². The van der Waals surface area contributed by atoms with E-state index in [9.17, 15) is 24.3 Å². The van der Waals surface area contributed by atoms with Gasteiger partial charge in [-0.3, -0.25) is 19.2 Å². The molecule has 2 saturated heterocycles. The van der Waals surface area contributed by atoms with Crippen LogP contribution < -0.4 is 5.32 Å². The van der Waals surface area contributed by atoms with Crippen molar-refractivity contribution in [3.05, 3.63) is 94.5 Å². The number of halogens is 1. The molecular formula is C36H40BrN3O7. The quantitative estimate of drug-likeness (QED) is 0.243. The highest BCUT2D eigenvalue weighted by atomic mass is 79.9. The third kappa shape index (κ3) is 6.66. The lowest BCUT2D eigenvalue weighted by Crippen LogP contribution is -2.55. The molecule has 0 radical (unpaired) electrons. The Morgan fingerprint density at radius 1 is 0.936 bits per heavy atom. The van der Waals surface area contributed by atoms with E-state index in [1.54, 1.807) is 15.9 Å². The monoisotopic (exact) mass is 705 g/mol. The summed E-state index contributed by atoms with van der Waals surface area (Å²) in [6.07, 6.45) is 6.51. The minimum atomic E-state index is -1.37. The van der Waals surface area contributed by atoms with E-state index in [2.05, 4.69) is 21.2 Å². The number of benzene rings is 2. The SMILES string of the molecule is O=C1CC/C=C\CN(Cc2ccccc2)C(=O)[C@H]2N(CCCCCO)C(=O)[C@@H]3[C@@H](C(=O)O[C@@H](c4ccccc4)CN1)[C@@H]1O[C@@]32C=C1Br. The zero-order chi connectivity index (χ0) is 33.0. The molecule has 0 aliphatic carbocycles. The molecule has 5 bridgehead atoms. The number of cyclic esters (lactones) is 1. The fourth-order valence-electron chi connectivity index (χ4n) is 7.23. The van der Waals surface area contributed by atoms with Crippen molar-refractivity contribution in [1.82, 2.24) is 15.1 Å². The number of unbranched alkanes of at least 4 members (excludes halogenated alkanes) is 2. The van der Waals surface area contributed by atoms with Gasteiger partial charge in [0.25, 0.3) is 0 Å². The van der Waals surface area contributed by atoms with Crippen molar-refractivity contribution in [2.75, 3.05) is 26.2 Å². The molecule has 0 aromatic heterocycles. The normalized spacial score (nSPS) is 30.2. The van der Waals surface area contributed by atoms with Gasteiger partial charge in [0, 0.05) is 37.1 Å². The summed E-state index contributed by atoms with van der Waals surface area (Å²) in [6, 6.07) is 17.8. The van der Waals surface area contributed by atoms with E-state index in [1.165, 1.54) is 0 Å². The van der Waals surface area contributed by atoms with Gasteiger partial charge in [-0.25, -0.2) is 0 Å². The van der Waals surface area contributed by atoms with Crippen LogP contribution in [0.25, 0.3) is 0 Å². The Bertz CT molecular complexity index is 1530. The molecule has 1 spiro atoms. The smallest absolute Gasteiger partial charge is 0.313 e. The van der Waals surface area contributed by atoms with Gasteiger partial charge in [0.15, 0.2) is 0 Å². The number of hydrogen-bond donors (Lipinski definition) is 2. The standard InChI is InChI=1S/C36H40BrN3O7/c37-26-21-36-30-29(31(26)47-36)35(45)46-27(25-15-7-2-8-16-25)22-38-28(42)17-9-3-10-18-39(23-24-13-5-1-6-14-24)34(44)32(36)40(33(30)43)19-11-4-12-20-41/h1-3,5-8,10,13-16,21,27,29-32,41H,4,9,11-12,17-20,22-23H2,(H,38,42)/b10-3-/t27-,29-,30+,31-,32-,36+/m1/s1. The maximum Gasteiger partial charge on any atom is 0.313 e. The molecule has 10 nitrogen and oxygen atoms in total. The average Bonchev–Trinajstić information content (AvgIpc) is 3.67. The number of aliphatic hydroxyl groups is 1. The second kappa shape index (κ2) is 14.5. The molecule has 2 N–H and O–H groups in total. The summed E-state index contributed by atoms with van der Waals surface area (Å²) in [6.45, 7) is 0.946. The van der Waals surface area contributed by atoms with Gasteiger partial charge in [0.2, 0.25) is 17.7 Å². The maximum atomic E-state index is 14.8. The lowest BCUT2D eigenvalue weighted by molar-refractivity contribution is -0.159. The topological polar surface area (TPSA) is 125 Å². The predicted octanol–water partition coefficient (Wildman–Crippen LogP) is 3.80. The Kier molecular flexibility index (Phi) is 10.2. The van der Waals surface area contributed by atoms with Crippen LogP contribution in [0, 0.1) is 11.8 Å². The molecule has 2 aromatic carbocycles. The van der Waals surface area contributed by atoms with Crippen molar-refractivity contribution in [2.24, 2.45) is 11.8 Å². The molecular weight excluding hydrogens is 666 g/mol. The van der Waals surface area contributed by atoms with Gasteiger partial charge in [-0.1, -0.05) is 88.7 Å². The van der Waals surface area contributed by atoms with E-state index in [0.717, 1.165) is 5.56 Å². The lowest BCUT2D eigenvalue weighted by Gasteiger charge is -2.36. The highest BCUT2D eigenvalue weighted by molar-refractivity contribution is 9.11. The van der Waals surface area contributed by atoms with E-state index in [4.69, 9.17) is 9.47 Å². The summed E-state index contributed by atoms with van der Waals surface area (Å²) in [5.41, 5.74) is 0.260. The number of allylic oxidation sites excluding steroid dienone is 1. The third-order valence-corrected chi connectivity index (χ3v) is 10.1. The average molecular weight is 707 g/mol. The van der Waals surface area contributed by atoms with Crippen LogP contribution in [-0.4, -0.2) is 82.6 Å². The molecule has 11 heteroatoms. The predicted molar refractivity (Wildman–Crippen MR) is 177 cm³/mol. The van der Waals surface area contributed by atoms with E-state index in [0.29, 0.717) is 42.3 Å². The van der Waals surface area contributed by atoms with Crippen LogP contribution in [0.1, 0.15) is 49.3 Å². The Morgan fingerprint density at radius 3 is 2.43 bits per heavy atom. The van der Waals surface area contributed by atoms with Crippen LogP contribution >= 0.6 is 15.9 Å². The highest BCUT2D eigenvalue weighted by Crippen LogP contribution is 2.59. The number of rotatable bonds is 8. The number of likely N-dealkylation sites (tertiary alicyclic amines) is 1. The maximum absolute atomic E-state index is 14.8. The van der Waals surface area contributed by atoms with E-state index >= 15 is 0 Å². The summed E-state index contributed by atoms with van der Waals surface area (Å²) in [5.74, 6) is -3.39. The lowest BCUT2D eigenvalue weighted by atomic mass is 9.74. The molecule has 4 heterocycles. The number of amides is 3. The Labute approximate surface area is 282 Å². The summed E-state index contributed by atoms with van der Waals surface area (Å²) in [5, 5.41) is 12.3. The van der Waals surface area contributed by atoms with Crippen molar-refractivity contribution >= 4 is 39.6 Å². The first-order chi connectivity index (χ1) is 22.8. The fourth-order valence-corrected chi connectivity index (χ4v) is 7.96. The number of nitrogens with zero attached hydrogens (tertiary/aromatic N) is 2. The van der Waals surface area contributed by atoms with E-state index in [-0.39, 0.29) is 50.4 Å². The number of fused-ring (bicyclic) bond motifs is 2. The molecule has 6 atom stereocenters. The minimum Gasteiger partial charge on any atom is -0.455 e. The zero-order valence-electron chi connectivity index (χ0n) is 26.1. The van der Waals surface area contributed by atoms with Gasteiger partial charge < -0.3 is 29.7 Å². The van der Waals surface area contributed by atoms with Crippen LogP contribution in [0.2, 0.25) is 0 Å². The van der Waals surface area contributed by atoms with Gasteiger partial charge in [0.1, 0.15) is 29.8 Å². The molecule has 3 amide bonds. The number of carbonyl (C=O) groups excluding carboxylic acids is 4. The molecule has 4 aliphatic heterocycles. The molecule has 248 valence electrons. The Balaban J connectivity index is 1.41. The third-order valence-electron chi connectivity index (χ3n) is 9.46. The minimum absolute atomic E-state index is 0.0392. The molecule has 4 aliphatic rings. The molecule has 0 unspecified atom stereocenters. The number of esters is 1. The fraction of sp³-hybridized carbons (Fsp3) is 0.444. The molecule has 0 saturated carbocycles. The second-order valence-corrected chi connectivity index (χ2v) is 13.4. The number of ether oxygens (including phenoxy) is 2. The Hall–Kier alpha value is -3.80. The summed E-state index contributed by atoms with van der Waals surface area (Å²) >= 11 is 3.60. The van der Waals surface area contributed by atoms with Gasteiger partial charge in [-0.05, 0) is 42.9 Å². The number of aliphatic hydroxyl groups excluding tert-OH is 1. The van der Waals surface area contributed by atoms with Crippen LogP contribution in [-0.2, 0) is 35.2 Å². The van der Waals surface area contributed by atoms with Gasteiger partial charge in [0.05, 0.1) is 12.5 Å². The van der Waals surface area contributed by atoms with Crippen molar-refractivity contribution in [2.45, 2.75) is 62.5 Å². The summed E-state index contributed by atoms with van der Waals surface area (Å²) in [7, 11) is 0. The van der Waals surface area contributed by atoms with E-state index in [1.807, 2.05) is 72.8 Å². The van der Waals surface area contributed by atoms with Crippen molar-refractivity contribution in [1.29, 1.82) is 0 Å². The van der Waals surface area contributed by atoms with Gasteiger partial charge in [-0.2, -0.15) is 0 Å². The second-order valence-electron chi connectivity index (χ2n) is 12.5. The van der Waals surface area contributed by atoms with Gasteiger partial charge >= 0.3 is 5.97 Å².